The molecule has 3 aromatic carbocycles. The fourth-order valence-electron chi connectivity index (χ4n) is 4.99. The van der Waals surface area contributed by atoms with Crippen LogP contribution in [0.5, 0.6) is 0 Å². The molecule has 0 radical (unpaired) electrons. The summed E-state index contributed by atoms with van der Waals surface area (Å²) in [6.45, 7) is 10.5. The van der Waals surface area contributed by atoms with Crippen molar-refractivity contribution in [2.24, 2.45) is 0 Å². The normalized spacial score (nSPS) is 17.7. The summed E-state index contributed by atoms with van der Waals surface area (Å²) < 4.78 is 18.3. The lowest BCUT2D eigenvalue weighted by molar-refractivity contribution is 0.00578. The molecule has 1 aliphatic heterocycles. The van der Waals surface area contributed by atoms with Gasteiger partial charge in [0.15, 0.2) is 0 Å². The minimum absolute atomic E-state index is 0.00244. The summed E-state index contributed by atoms with van der Waals surface area (Å²) in [6.07, 6.45) is 1.44. The van der Waals surface area contributed by atoms with E-state index in [9.17, 15) is 4.79 Å². The number of ether oxygens (including phenoxy) is 1. The molecule has 2 aliphatic rings. The van der Waals surface area contributed by atoms with Gasteiger partial charge in [-0.25, -0.2) is 4.79 Å². The second-order valence-electron chi connectivity index (χ2n) is 11.0. The number of alkyl carbamates (subject to hydrolysis) is 1. The van der Waals surface area contributed by atoms with Crippen molar-refractivity contribution < 1.29 is 18.8 Å². The molecule has 1 amide bonds. The van der Waals surface area contributed by atoms with E-state index in [1.165, 1.54) is 22.3 Å². The van der Waals surface area contributed by atoms with Crippen LogP contribution in [0, 0.1) is 6.92 Å². The number of rotatable bonds is 6. The summed E-state index contributed by atoms with van der Waals surface area (Å²) in [6, 6.07) is 22.4. The van der Waals surface area contributed by atoms with E-state index in [1.54, 1.807) is 0 Å². The van der Waals surface area contributed by atoms with E-state index in [4.69, 9.17) is 25.6 Å². The molecular formula is C31H33BClNO4. The van der Waals surface area contributed by atoms with Crippen molar-refractivity contribution in [3.8, 4) is 11.1 Å². The standard InChI is InChI=1S/C31H33BClNO4/c1-20-14-15-28(33)21(16-20)17-22(32-37-30(2,3)31(4,5)38-32)18-34-29(35)36-19-27-25-12-8-6-10-23(25)24-11-7-9-13-26(24)27/h6-17,27H,18-19H2,1-5H3,(H,34,35). The number of hydrogen-bond donors (Lipinski definition) is 1. The molecule has 0 aromatic heterocycles. The first kappa shape index (κ1) is 26.5. The number of fused-ring (bicyclic) bond motifs is 3. The predicted octanol–water partition coefficient (Wildman–Crippen LogP) is 7.20. The lowest BCUT2D eigenvalue weighted by atomic mass is 9.77. The van der Waals surface area contributed by atoms with E-state index in [0.717, 1.165) is 16.6 Å². The second-order valence-corrected chi connectivity index (χ2v) is 11.4. The summed E-state index contributed by atoms with van der Waals surface area (Å²) in [4.78, 5) is 12.9. The highest BCUT2D eigenvalue weighted by atomic mass is 35.5. The average Bonchev–Trinajstić information content (AvgIpc) is 3.31. The number of nitrogens with one attached hydrogen (secondary N) is 1. The van der Waals surface area contributed by atoms with Gasteiger partial charge in [0.25, 0.3) is 0 Å². The van der Waals surface area contributed by atoms with Crippen LogP contribution in [0.15, 0.2) is 72.2 Å². The minimum Gasteiger partial charge on any atom is -0.449 e. The van der Waals surface area contributed by atoms with Crippen molar-refractivity contribution >= 4 is 30.9 Å². The van der Waals surface area contributed by atoms with Crippen molar-refractivity contribution in [3.05, 3.63) is 99.5 Å². The minimum atomic E-state index is -0.634. The molecule has 0 atom stereocenters. The molecule has 3 aromatic rings. The summed E-state index contributed by atoms with van der Waals surface area (Å²) in [5.41, 5.74) is 6.38. The van der Waals surface area contributed by atoms with Crippen molar-refractivity contribution in [1.29, 1.82) is 0 Å². The molecule has 0 saturated carbocycles. The smallest absolute Gasteiger partial charge is 0.449 e. The number of aryl methyl sites for hydroxylation is 1. The molecule has 0 bridgehead atoms. The summed E-state index contributed by atoms with van der Waals surface area (Å²) in [5.74, 6) is -0.00244. The zero-order chi connectivity index (χ0) is 27.1. The van der Waals surface area contributed by atoms with Gasteiger partial charge in [-0.3, -0.25) is 0 Å². The highest BCUT2D eigenvalue weighted by molar-refractivity contribution is 6.56. The third-order valence-corrected chi connectivity index (χ3v) is 8.17. The fraction of sp³-hybridized carbons (Fsp3) is 0.323. The Balaban J connectivity index is 1.31. The molecule has 1 N–H and O–H groups in total. The van der Waals surface area contributed by atoms with Crippen LogP contribution in [0.2, 0.25) is 5.02 Å². The number of benzene rings is 3. The highest BCUT2D eigenvalue weighted by Crippen LogP contribution is 2.44. The van der Waals surface area contributed by atoms with Gasteiger partial charge in [-0.2, -0.15) is 0 Å². The number of hydrogen-bond acceptors (Lipinski definition) is 4. The maximum Gasteiger partial charge on any atom is 0.492 e. The van der Waals surface area contributed by atoms with Crippen LogP contribution in [0.25, 0.3) is 17.2 Å². The fourth-order valence-corrected chi connectivity index (χ4v) is 5.17. The third-order valence-electron chi connectivity index (χ3n) is 7.83. The molecule has 38 heavy (non-hydrogen) atoms. The number of halogens is 1. The molecular weight excluding hydrogens is 497 g/mol. The Morgan fingerprint density at radius 1 is 0.974 bits per heavy atom. The van der Waals surface area contributed by atoms with Crippen LogP contribution in [-0.4, -0.2) is 37.6 Å². The molecule has 196 valence electrons. The van der Waals surface area contributed by atoms with Gasteiger partial charge in [-0.1, -0.05) is 83.9 Å². The Morgan fingerprint density at radius 3 is 2.16 bits per heavy atom. The van der Waals surface area contributed by atoms with Crippen molar-refractivity contribution in [1.82, 2.24) is 5.32 Å². The number of amides is 1. The lowest BCUT2D eigenvalue weighted by Crippen LogP contribution is -2.41. The third kappa shape index (κ3) is 5.13. The predicted molar refractivity (Wildman–Crippen MR) is 153 cm³/mol. The first-order chi connectivity index (χ1) is 18.1. The Kier molecular flexibility index (Phi) is 7.16. The molecule has 5 nitrogen and oxygen atoms in total. The summed E-state index contributed by atoms with van der Waals surface area (Å²) in [7, 11) is -0.634. The zero-order valence-electron chi connectivity index (χ0n) is 22.5. The van der Waals surface area contributed by atoms with Gasteiger partial charge >= 0.3 is 13.2 Å². The molecule has 0 spiro atoms. The maximum atomic E-state index is 12.9. The summed E-state index contributed by atoms with van der Waals surface area (Å²) >= 11 is 6.49. The van der Waals surface area contributed by atoms with Gasteiger partial charge < -0.3 is 19.4 Å². The quantitative estimate of drug-likeness (QED) is 0.343. The van der Waals surface area contributed by atoms with Crippen LogP contribution < -0.4 is 5.32 Å². The van der Waals surface area contributed by atoms with Gasteiger partial charge in [-0.15, -0.1) is 0 Å². The second kappa shape index (κ2) is 10.3. The van der Waals surface area contributed by atoms with Gasteiger partial charge in [-0.05, 0) is 74.0 Å². The largest absolute Gasteiger partial charge is 0.492 e. The average molecular weight is 530 g/mol. The lowest BCUT2D eigenvalue weighted by Gasteiger charge is -2.32. The van der Waals surface area contributed by atoms with E-state index in [1.807, 2.05) is 83.2 Å². The molecule has 0 unspecified atom stereocenters. The maximum absolute atomic E-state index is 12.9. The Bertz CT molecular complexity index is 1340. The Morgan fingerprint density at radius 2 is 1.55 bits per heavy atom. The van der Waals surface area contributed by atoms with E-state index < -0.39 is 24.4 Å². The van der Waals surface area contributed by atoms with Crippen LogP contribution in [0.1, 0.15) is 55.9 Å². The molecule has 1 fully saturated rings. The molecule has 7 heteroatoms. The highest BCUT2D eigenvalue weighted by Gasteiger charge is 2.52. The van der Waals surface area contributed by atoms with Crippen LogP contribution in [0.3, 0.4) is 0 Å². The topological polar surface area (TPSA) is 56.8 Å². The van der Waals surface area contributed by atoms with E-state index in [-0.39, 0.29) is 19.1 Å². The summed E-state index contributed by atoms with van der Waals surface area (Å²) in [5, 5.41) is 3.52. The van der Waals surface area contributed by atoms with Gasteiger partial charge in [0.2, 0.25) is 0 Å². The van der Waals surface area contributed by atoms with Gasteiger partial charge in [0.05, 0.1) is 11.2 Å². The SMILES string of the molecule is Cc1ccc(Cl)c(C=C(CNC(=O)OCC2c3ccccc3-c3ccccc32)B2OC(C)(C)C(C)(C)O2)c1. The Labute approximate surface area is 230 Å². The molecule has 5 rings (SSSR count). The van der Waals surface area contributed by atoms with Gasteiger partial charge in [0.1, 0.15) is 6.61 Å². The zero-order valence-corrected chi connectivity index (χ0v) is 23.3. The van der Waals surface area contributed by atoms with Crippen molar-refractivity contribution in [2.45, 2.75) is 51.7 Å². The van der Waals surface area contributed by atoms with E-state index in [2.05, 4.69) is 29.6 Å². The number of carbonyl (C=O) groups excluding carboxylic acids is 1. The van der Waals surface area contributed by atoms with Crippen LogP contribution in [-0.2, 0) is 14.0 Å². The van der Waals surface area contributed by atoms with Gasteiger partial charge in [0, 0.05) is 17.5 Å². The molecule has 1 heterocycles. The van der Waals surface area contributed by atoms with Crippen LogP contribution in [0.4, 0.5) is 4.79 Å². The van der Waals surface area contributed by atoms with Crippen LogP contribution >= 0.6 is 11.6 Å². The first-order valence-corrected chi connectivity index (χ1v) is 13.3. The molecule has 1 saturated heterocycles. The Hall–Kier alpha value is -3.06. The van der Waals surface area contributed by atoms with E-state index >= 15 is 0 Å². The van der Waals surface area contributed by atoms with Crippen molar-refractivity contribution in [3.63, 3.8) is 0 Å². The monoisotopic (exact) mass is 529 g/mol. The number of carbonyl (C=O) groups is 1. The molecule has 1 aliphatic carbocycles. The van der Waals surface area contributed by atoms with E-state index in [0.29, 0.717) is 5.02 Å². The first-order valence-electron chi connectivity index (χ1n) is 13.0. The van der Waals surface area contributed by atoms with Crippen molar-refractivity contribution in [2.75, 3.05) is 13.2 Å².